The van der Waals surface area contributed by atoms with Crippen LogP contribution in [0.1, 0.15) is 35.1 Å². The van der Waals surface area contributed by atoms with E-state index < -0.39 is 0 Å². The summed E-state index contributed by atoms with van der Waals surface area (Å²) in [6, 6.07) is 13.8. The van der Waals surface area contributed by atoms with Crippen molar-refractivity contribution in [3.8, 4) is 0 Å². The van der Waals surface area contributed by atoms with Crippen molar-refractivity contribution in [3.63, 3.8) is 0 Å². The van der Waals surface area contributed by atoms with Crippen molar-refractivity contribution in [2.24, 2.45) is 12.0 Å². The third kappa shape index (κ3) is 4.22. The lowest BCUT2D eigenvalue weighted by Gasteiger charge is -2.24. The number of aryl methyl sites for hydroxylation is 3. The number of aromatic nitrogens is 4. The first-order valence-corrected chi connectivity index (χ1v) is 9.92. The largest absolute Gasteiger partial charge is 0.444 e. The number of rotatable bonds is 3. The Morgan fingerprint density at radius 2 is 2.00 bits per heavy atom. The van der Waals surface area contributed by atoms with E-state index in [9.17, 15) is 4.79 Å². The molecule has 8 heteroatoms. The van der Waals surface area contributed by atoms with Crippen LogP contribution in [-0.4, -0.2) is 38.6 Å². The molecule has 0 bridgehead atoms. The van der Waals surface area contributed by atoms with Gasteiger partial charge in [-0.25, -0.2) is 9.79 Å². The van der Waals surface area contributed by atoms with Crippen LogP contribution in [0.5, 0.6) is 0 Å². The maximum absolute atomic E-state index is 13.0. The molecular formula is C22H24N6O2. The van der Waals surface area contributed by atoms with Crippen molar-refractivity contribution in [1.82, 2.24) is 20.2 Å². The van der Waals surface area contributed by atoms with Gasteiger partial charge < -0.3 is 4.74 Å². The fourth-order valence-electron chi connectivity index (χ4n) is 3.72. The molecule has 0 spiro atoms. The summed E-state index contributed by atoms with van der Waals surface area (Å²) in [5.74, 6) is 0.317. The molecule has 0 radical (unpaired) electrons. The fourth-order valence-corrected chi connectivity index (χ4v) is 3.72. The lowest BCUT2D eigenvalue weighted by Crippen LogP contribution is -2.33. The molecule has 0 unspecified atom stereocenters. The van der Waals surface area contributed by atoms with Crippen molar-refractivity contribution >= 4 is 23.4 Å². The third-order valence-electron chi connectivity index (χ3n) is 4.98. The van der Waals surface area contributed by atoms with E-state index in [4.69, 9.17) is 4.74 Å². The molecule has 2 aromatic carbocycles. The van der Waals surface area contributed by atoms with Gasteiger partial charge in [0.15, 0.2) is 0 Å². The number of hydrogen-bond acceptors (Lipinski definition) is 6. The molecule has 154 valence electrons. The molecule has 0 N–H and O–H groups in total. The lowest BCUT2D eigenvalue weighted by atomic mass is 9.99. The Bertz CT molecular complexity index is 1090. The highest BCUT2D eigenvalue weighted by Crippen LogP contribution is 2.33. The zero-order chi connectivity index (χ0) is 21.1. The predicted octanol–water partition coefficient (Wildman–Crippen LogP) is 3.88. The van der Waals surface area contributed by atoms with Crippen LogP contribution >= 0.6 is 0 Å². The van der Waals surface area contributed by atoms with Crippen LogP contribution < -0.4 is 4.90 Å². The molecule has 0 saturated heterocycles. The minimum atomic E-state index is -0.356. The molecule has 8 nitrogen and oxygen atoms in total. The van der Waals surface area contributed by atoms with Gasteiger partial charge in [0.2, 0.25) is 0 Å². The zero-order valence-corrected chi connectivity index (χ0v) is 17.4. The van der Waals surface area contributed by atoms with Gasteiger partial charge in [0, 0.05) is 12.1 Å². The van der Waals surface area contributed by atoms with Crippen LogP contribution in [0.25, 0.3) is 0 Å². The molecule has 0 saturated carbocycles. The summed E-state index contributed by atoms with van der Waals surface area (Å²) < 4.78 is 5.63. The van der Waals surface area contributed by atoms with Gasteiger partial charge in [-0.2, -0.15) is 4.80 Å². The Labute approximate surface area is 175 Å². The van der Waals surface area contributed by atoms with Crippen LogP contribution in [0, 0.1) is 13.8 Å². The number of tetrazole rings is 1. The number of benzene rings is 2. The van der Waals surface area contributed by atoms with Gasteiger partial charge in [-0.15, -0.1) is 5.10 Å². The molecule has 2 heterocycles. The summed E-state index contributed by atoms with van der Waals surface area (Å²) in [5, 5.41) is 12.0. The Kier molecular flexibility index (Phi) is 5.56. The second-order valence-electron chi connectivity index (χ2n) is 7.41. The van der Waals surface area contributed by atoms with Crippen molar-refractivity contribution in [1.29, 1.82) is 0 Å². The van der Waals surface area contributed by atoms with Crippen molar-refractivity contribution in [2.45, 2.75) is 33.3 Å². The topological polar surface area (TPSA) is 85.5 Å². The first kappa shape index (κ1) is 19.8. The number of anilines is 1. The van der Waals surface area contributed by atoms with Gasteiger partial charge >= 0.3 is 6.09 Å². The van der Waals surface area contributed by atoms with Crippen LogP contribution in [-0.2, 0) is 18.4 Å². The van der Waals surface area contributed by atoms with Crippen LogP contribution in [0.2, 0.25) is 0 Å². The van der Waals surface area contributed by atoms with Gasteiger partial charge in [-0.05, 0) is 49.1 Å². The second-order valence-corrected chi connectivity index (χ2v) is 7.41. The van der Waals surface area contributed by atoms with E-state index in [2.05, 4.69) is 32.5 Å². The molecule has 0 aliphatic carbocycles. The first-order valence-electron chi connectivity index (χ1n) is 9.92. The van der Waals surface area contributed by atoms with E-state index in [0.29, 0.717) is 18.9 Å². The third-order valence-corrected chi connectivity index (χ3v) is 4.98. The summed E-state index contributed by atoms with van der Waals surface area (Å²) in [6.45, 7) is 4.83. The number of hydrogen-bond donors (Lipinski definition) is 0. The van der Waals surface area contributed by atoms with Crippen LogP contribution in [0.3, 0.4) is 0 Å². The van der Waals surface area contributed by atoms with Gasteiger partial charge in [0.05, 0.1) is 18.4 Å². The Hall–Kier alpha value is -3.55. The van der Waals surface area contributed by atoms with Crippen molar-refractivity contribution in [2.75, 3.05) is 11.4 Å². The monoisotopic (exact) mass is 404 g/mol. The van der Waals surface area contributed by atoms with E-state index in [1.165, 1.54) is 4.80 Å². The number of fused-ring (bicyclic) bond motifs is 1. The van der Waals surface area contributed by atoms with Gasteiger partial charge in [-0.1, -0.05) is 47.1 Å². The number of carbonyl (C=O) groups excluding carboxylic acids is 1. The van der Waals surface area contributed by atoms with E-state index in [1.807, 2.05) is 44.2 Å². The SMILES string of the molecule is Cc1cc(C)c2c(c1)C(=Nc1nnn(C)n1)CCCN2C(=O)OCc1ccccc1. The molecule has 0 atom stereocenters. The molecule has 1 aromatic heterocycles. The van der Waals surface area contributed by atoms with Crippen molar-refractivity contribution in [3.05, 3.63) is 64.7 Å². The molecule has 3 aromatic rings. The smallest absolute Gasteiger partial charge is 0.414 e. The van der Waals surface area contributed by atoms with E-state index in [1.54, 1.807) is 11.9 Å². The lowest BCUT2D eigenvalue weighted by molar-refractivity contribution is 0.147. The summed E-state index contributed by atoms with van der Waals surface area (Å²) >= 11 is 0. The molecule has 0 fully saturated rings. The average molecular weight is 404 g/mol. The first-order chi connectivity index (χ1) is 14.5. The number of carbonyl (C=O) groups is 1. The quantitative estimate of drug-likeness (QED) is 0.661. The summed E-state index contributed by atoms with van der Waals surface area (Å²) in [5.41, 5.74) is 5.66. The van der Waals surface area contributed by atoms with E-state index >= 15 is 0 Å². The maximum atomic E-state index is 13.0. The number of amides is 1. The molecule has 30 heavy (non-hydrogen) atoms. The normalized spacial score (nSPS) is 15.0. The standard InChI is InChI=1S/C22H24N6O2/c1-15-12-16(2)20-18(13-15)19(23-21-24-26-27(3)25-21)10-7-11-28(20)22(29)30-14-17-8-5-4-6-9-17/h4-6,8-9,12-13H,7,10-11,14H2,1-3H3. The van der Waals surface area contributed by atoms with Gasteiger partial charge in [-0.3, -0.25) is 4.90 Å². The van der Waals surface area contributed by atoms with Gasteiger partial charge in [0.25, 0.3) is 5.95 Å². The highest BCUT2D eigenvalue weighted by molar-refractivity contribution is 6.10. The van der Waals surface area contributed by atoms with E-state index in [0.717, 1.165) is 40.1 Å². The van der Waals surface area contributed by atoms with Crippen LogP contribution in [0.4, 0.5) is 16.4 Å². The molecule has 4 rings (SSSR count). The Morgan fingerprint density at radius 1 is 1.20 bits per heavy atom. The minimum Gasteiger partial charge on any atom is -0.444 e. The number of nitrogens with zero attached hydrogens (tertiary/aromatic N) is 6. The molecule has 1 amide bonds. The molecular weight excluding hydrogens is 380 g/mol. The maximum Gasteiger partial charge on any atom is 0.414 e. The second kappa shape index (κ2) is 8.44. The highest BCUT2D eigenvalue weighted by Gasteiger charge is 2.27. The van der Waals surface area contributed by atoms with Gasteiger partial charge in [0.1, 0.15) is 6.61 Å². The fraction of sp³-hybridized carbons (Fsp3) is 0.318. The molecule has 1 aliphatic heterocycles. The summed E-state index contributed by atoms with van der Waals surface area (Å²) in [7, 11) is 1.70. The van der Waals surface area contributed by atoms with E-state index in [-0.39, 0.29) is 12.7 Å². The van der Waals surface area contributed by atoms with Crippen LogP contribution in [0.15, 0.2) is 47.5 Å². The van der Waals surface area contributed by atoms with Crippen molar-refractivity contribution < 1.29 is 9.53 Å². The average Bonchev–Trinajstić information content (AvgIpc) is 3.05. The zero-order valence-electron chi connectivity index (χ0n) is 17.4. The minimum absolute atomic E-state index is 0.237. The highest BCUT2D eigenvalue weighted by atomic mass is 16.6. The summed E-state index contributed by atoms with van der Waals surface area (Å²) in [6.07, 6.45) is 1.11. The number of aliphatic imine (C=N–C) groups is 1. The predicted molar refractivity (Wildman–Crippen MR) is 114 cm³/mol. The molecule has 1 aliphatic rings. The number of ether oxygens (including phenoxy) is 1. The Morgan fingerprint density at radius 3 is 2.73 bits per heavy atom. The Balaban J connectivity index is 1.68. The summed E-state index contributed by atoms with van der Waals surface area (Å²) in [4.78, 5) is 20.8.